The number of amides is 1. The van der Waals surface area contributed by atoms with Gasteiger partial charge in [0.15, 0.2) is 0 Å². The third-order valence-corrected chi connectivity index (χ3v) is 1.99. The third-order valence-electron chi connectivity index (χ3n) is 1.99. The van der Waals surface area contributed by atoms with Gasteiger partial charge in [0.2, 0.25) is 11.9 Å². The Labute approximate surface area is 102 Å². The van der Waals surface area contributed by atoms with Crippen molar-refractivity contribution in [1.82, 2.24) is 16.1 Å². The number of nitrogens with two attached hydrogens (primary N) is 1. The van der Waals surface area contributed by atoms with Crippen molar-refractivity contribution in [3.8, 4) is 0 Å². The lowest BCUT2D eigenvalue weighted by molar-refractivity contribution is -0.121. The number of hydrogen-bond acceptors (Lipinski definition) is 4. The lowest BCUT2D eigenvalue weighted by atomic mass is 10.3. The summed E-state index contributed by atoms with van der Waals surface area (Å²) in [4.78, 5) is 15.6. The van der Waals surface area contributed by atoms with E-state index in [0.29, 0.717) is 19.1 Å². The molecule has 7 nitrogen and oxygen atoms in total. The first-order valence-corrected chi connectivity index (χ1v) is 5.62. The van der Waals surface area contributed by atoms with E-state index in [-0.39, 0.29) is 11.9 Å². The normalized spacial score (nSPS) is 15.0. The molecule has 0 saturated carbocycles. The van der Waals surface area contributed by atoms with E-state index in [2.05, 4.69) is 21.1 Å². The van der Waals surface area contributed by atoms with Crippen molar-refractivity contribution < 1.29 is 9.53 Å². The Morgan fingerprint density at radius 2 is 2.12 bits per heavy atom. The second-order valence-electron chi connectivity index (χ2n) is 3.69. The van der Waals surface area contributed by atoms with Crippen LogP contribution >= 0.6 is 0 Å². The summed E-state index contributed by atoms with van der Waals surface area (Å²) >= 11 is 0. The number of hydrazine groups is 1. The lowest BCUT2D eigenvalue weighted by Crippen LogP contribution is -2.48. The molecule has 1 amide bonds. The number of ether oxygens (including phenoxy) is 1. The van der Waals surface area contributed by atoms with E-state index in [0.717, 1.165) is 0 Å². The van der Waals surface area contributed by atoms with Gasteiger partial charge in [-0.15, -0.1) is 0 Å². The molecule has 0 aromatic carbocycles. The van der Waals surface area contributed by atoms with Crippen molar-refractivity contribution >= 4 is 11.9 Å². The molecule has 5 N–H and O–H groups in total. The molecule has 2 unspecified atom stereocenters. The van der Waals surface area contributed by atoms with Crippen molar-refractivity contribution in [1.29, 1.82) is 0 Å². The zero-order valence-corrected chi connectivity index (χ0v) is 10.9. The second kappa shape index (κ2) is 8.77. The summed E-state index contributed by atoms with van der Waals surface area (Å²) in [6.45, 7) is 6.58. The van der Waals surface area contributed by atoms with Gasteiger partial charge in [0, 0.05) is 19.7 Å². The Balaban J connectivity index is 4.37. The van der Waals surface area contributed by atoms with E-state index in [1.807, 2.05) is 13.8 Å². The van der Waals surface area contributed by atoms with Crippen LogP contribution in [0.4, 0.5) is 0 Å². The number of nitrogens with zero attached hydrogens (tertiary/aromatic N) is 1. The van der Waals surface area contributed by atoms with Crippen molar-refractivity contribution in [3.63, 3.8) is 0 Å². The van der Waals surface area contributed by atoms with Gasteiger partial charge in [-0.3, -0.25) is 10.2 Å². The van der Waals surface area contributed by atoms with Gasteiger partial charge in [0.1, 0.15) is 6.04 Å². The van der Waals surface area contributed by atoms with Crippen LogP contribution in [-0.2, 0) is 9.53 Å². The number of guanidine groups is 1. The summed E-state index contributed by atoms with van der Waals surface area (Å²) in [6, 6.07) is -0.445. The Morgan fingerprint density at radius 3 is 2.59 bits per heavy atom. The summed E-state index contributed by atoms with van der Waals surface area (Å²) in [5, 5.41) is 5.69. The van der Waals surface area contributed by atoms with E-state index in [1.54, 1.807) is 14.0 Å². The molecule has 7 heteroatoms. The molecule has 0 bridgehead atoms. The van der Waals surface area contributed by atoms with Gasteiger partial charge < -0.3 is 15.4 Å². The predicted molar refractivity (Wildman–Crippen MR) is 67.4 cm³/mol. The molecular weight excluding hydrogens is 222 g/mol. The van der Waals surface area contributed by atoms with Gasteiger partial charge in [-0.1, -0.05) is 0 Å². The summed E-state index contributed by atoms with van der Waals surface area (Å²) < 4.78 is 4.97. The zero-order valence-electron chi connectivity index (χ0n) is 10.9. The van der Waals surface area contributed by atoms with Gasteiger partial charge in [-0.05, 0) is 20.8 Å². The molecule has 0 rings (SSSR count). The third kappa shape index (κ3) is 6.75. The number of carbonyl (C=O) groups is 1. The van der Waals surface area contributed by atoms with Crippen LogP contribution in [0.2, 0.25) is 0 Å². The van der Waals surface area contributed by atoms with Crippen LogP contribution in [-0.4, -0.2) is 44.2 Å². The average Bonchev–Trinajstić information content (AvgIpc) is 2.28. The molecule has 0 radical (unpaired) electrons. The second-order valence-corrected chi connectivity index (χ2v) is 3.69. The molecule has 0 fully saturated rings. The Kier molecular flexibility index (Phi) is 8.08. The highest BCUT2D eigenvalue weighted by molar-refractivity contribution is 5.86. The maximum Gasteiger partial charge on any atom is 0.244 e. The Bertz CT molecular complexity index is 257. The SMILES string of the molecule is CCNC(=O)C(C)N=C(NN)NC(C)COC. The molecule has 0 aliphatic carbocycles. The topological polar surface area (TPSA) is 101 Å². The minimum atomic E-state index is -0.497. The van der Waals surface area contributed by atoms with Crippen LogP contribution in [0, 0.1) is 0 Å². The highest BCUT2D eigenvalue weighted by Gasteiger charge is 2.12. The quantitative estimate of drug-likeness (QED) is 0.207. The number of methoxy groups -OCH3 is 1. The first-order chi connectivity index (χ1) is 8.04. The van der Waals surface area contributed by atoms with E-state index in [1.165, 1.54) is 0 Å². The van der Waals surface area contributed by atoms with Gasteiger partial charge >= 0.3 is 0 Å². The Morgan fingerprint density at radius 1 is 1.47 bits per heavy atom. The molecular formula is C10H23N5O2. The first kappa shape index (κ1) is 15.7. The molecule has 100 valence electrons. The molecule has 0 saturated heterocycles. The van der Waals surface area contributed by atoms with Crippen LogP contribution in [0.3, 0.4) is 0 Å². The first-order valence-electron chi connectivity index (χ1n) is 5.62. The highest BCUT2D eigenvalue weighted by Crippen LogP contribution is 1.90. The van der Waals surface area contributed by atoms with E-state index in [4.69, 9.17) is 10.6 Å². The molecule has 0 aliphatic heterocycles. The van der Waals surface area contributed by atoms with Gasteiger partial charge in [-0.2, -0.15) is 0 Å². The van der Waals surface area contributed by atoms with E-state index >= 15 is 0 Å². The van der Waals surface area contributed by atoms with Crippen LogP contribution in [0.25, 0.3) is 0 Å². The predicted octanol–water partition coefficient (Wildman–Crippen LogP) is -1.05. The standard InChI is InChI=1S/C10H23N5O2/c1-5-12-9(16)8(3)14-10(15-11)13-7(2)6-17-4/h7-8H,5-6,11H2,1-4H3,(H,12,16)(H2,13,14,15). The van der Waals surface area contributed by atoms with Crippen molar-refractivity contribution in [3.05, 3.63) is 0 Å². The van der Waals surface area contributed by atoms with Crippen LogP contribution in [0.15, 0.2) is 4.99 Å². The summed E-state index contributed by atoms with van der Waals surface area (Å²) in [5.41, 5.74) is 2.42. The van der Waals surface area contributed by atoms with Crippen LogP contribution < -0.4 is 21.9 Å². The Hall–Kier alpha value is -1.34. The van der Waals surface area contributed by atoms with E-state index < -0.39 is 6.04 Å². The fraction of sp³-hybridized carbons (Fsp3) is 0.800. The fourth-order valence-corrected chi connectivity index (χ4v) is 1.22. The van der Waals surface area contributed by atoms with E-state index in [9.17, 15) is 4.79 Å². The number of likely N-dealkylation sites (N-methyl/N-ethyl adjacent to an activating group) is 1. The highest BCUT2D eigenvalue weighted by atomic mass is 16.5. The largest absolute Gasteiger partial charge is 0.383 e. The minimum absolute atomic E-state index is 0.0521. The van der Waals surface area contributed by atoms with Gasteiger partial charge in [0.05, 0.1) is 6.61 Å². The molecule has 0 heterocycles. The van der Waals surface area contributed by atoms with Gasteiger partial charge in [0.25, 0.3) is 0 Å². The van der Waals surface area contributed by atoms with Gasteiger partial charge in [-0.25, -0.2) is 10.8 Å². The summed E-state index contributed by atoms with van der Waals surface area (Å²) in [6.07, 6.45) is 0. The van der Waals surface area contributed by atoms with Crippen molar-refractivity contribution in [2.75, 3.05) is 20.3 Å². The molecule has 0 spiro atoms. The fourth-order valence-electron chi connectivity index (χ4n) is 1.22. The average molecular weight is 245 g/mol. The summed E-state index contributed by atoms with van der Waals surface area (Å²) in [5.74, 6) is 5.56. The number of carbonyl (C=O) groups excluding carboxylic acids is 1. The van der Waals surface area contributed by atoms with Crippen molar-refractivity contribution in [2.45, 2.75) is 32.9 Å². The number of aliphatic imine (C=N–C) groups is 1. The smallest absolute Gasteiger partial charge is 0.244 e. The molecule has 0 aromatic rings. The van der Waals surface area contributed by atoms with Crippen LogP contribution in [0.1, 0.15) is 20.8 Å². The number of rotatable bonds is 6. The maximum absolute atomic E-state index is 11.5. The maximum atomic E-state index is 11.5. The minimum Gasteiger partial charge on any atom is -0.383 e. The lowest BCUT2D eigenvalue weighted by Gasteiger charge is -2.17. The number of hydrogen-bond donors (Lipinski definition) is 4. The molecule has 17 heavy (non-hydrogen) atoms. The number of nitrogens with one attached hydrogen (secondary N) is 3. The summed E-state index contributed by atoms with van der Waals surface area (Å²) in [7, 11) is 1.61. The monoisotopic (exact) mass is 245 g/mol. The zero-order chi connectivity index (χ0) is 13.3. The molecule has 0 aromatic heterocycles. The molecule has 0 aliphatic rings. The molecule has 2 atom stereocenters. The van der Waals surface area contributed by atoms with Crippen molar-refractivity contribution in [2.24, 2.45) is 10.8 Å². The van der Waals surface area contributed by atoms with Crippen LogP contribution in [0.5, 0.6) is 0 Å².